The second kappa shape index (κ2) is 16.4. The summed E-state index contributed by atoms with van der Waals surface area (Å²) in [5.74, 6) is -0.660. The van der Waals surface area contributed by atoms with Gasteiger partial charge < -0.3 is 10.1 Å². The molecule has 250 valence electrons. The third-order valence-corrected chi connectivity index (χ3v) is 8.69. The molecule has 3 heterocycles. The minimum absolute atomic E-state index is 0.124. The maximum atomic E-state index is 13.5. The van der Waals surface area contributed by atoms with Gasteiger partial charge in [-0.15, -0.1) is 22.7 Å². The molecule has 1 aliphatic heterocycles. The fraction of sp³-hybridized carbons (Fsp3) is 0.343. The maximum absolute atomic E-state index is 13.5. The van der Waals surface area contributed by atoms with Crippen LogP contribution < -0.4 is 15.8 Å². The van der Waals surface area contributed by atoms with Gasteiger partial charge in [0.25, 0.3) is 5.91 Å². The third-order valence-electron chi connectivity index (χ3n) is 7.19. The molecule has 0 aliphatic carbocycles. The van der Waals surface area contributed by atoms with Crippen molar-refractivity contribution < 1.29 is 19.1 Å². The van der Waals surface area contributed by atoms with E-state index in [1.807, 2.05) is 74.0 Å². The lowest BCUT2D eigenvalue weighted by Gasteiger charge is -2.19. The maximum Gasteiger partial charge on any atom is 0.306 e. The van der Waals surface area contributed by atoms with Gasteiger partial charge in [0, 0.05) is 46.6 Å². The molecule has 1 aliphatic rings. The minimum atomic E-state index is -0.433. The van der Waals surface area contributed by atoms with Gasteiger partial charge in [-0.1, -0.05) is 68.1 Å². The Bertz CT molecular complexity index is 1750. The Balaban J connectivity index is 1.10. The van der Waals surface area contributed by atoms with Gasteiger partial charge >= 0.3 is 11.9 Å². The van der Waals surface area contributed by atoms with Crippen molar-refractivity contribution in [3.8, 4) is 11.3 Å². The first-order valence-corrected chi connectivity index (χ1v) is 17.7. The SMILES string of the molecule is CC(C)(C)OC(=O)CCCCCCCCNC(=O)c1ccc(-c2csc(N3N=C(c4ccccc4)/C(=N\Nc4nccs4)C3=O)n2)cc1. The Kier molecular flexibility index (Phi) is 11.8. The topological polar surface area (TPSA) is 138 Å². The Morgan fingerprint density at radius 2 is 1.65 bits per heavy atom. The molecule has 5 rings (SSSR count). The highest BCUT2D eigenvalue weighted by atomic mass is 32.1. The minimum Gasteiger partial charge on any atom is -0.460 e. The summed E-state index contributed by atoms with van der Waals surface area (Å²) in [4.78, 5) is 46.8. The zero-order valence-corrected chi connectivity index (χ0v) is 28.9. The molecule has 48 heavy (non-hydrogen) atoms. The van der Waals surface area contributed by atoms with Gasteiger partial charge in [0.05, 0.1) is 5.69 Å². The number of hydrogen-bond acceptors (Lipinski definition) is 11. The quantitative estimate of drug-likeness (QED) is 0.0762. The number of carbonyl (C=O) groups is 3. The normalized spacial score (nSPS) is 13.9. The van der Waals surface area contributed by atoms with E-state index in [1.165, 1.54) is 27.7 Å². The van der Waals surface area contributed by atoms with Crippen LogP contribution in [0.25, 0.3) is 11.3 Å². The number of thiazole rings is 2. The molecule has 0 radical (unpaired) electrons. The third kappa shape index (κ3) is 9.64. The molecular formula is C35H39N7O4S2. The van der Waals surface area contributed by atoms with Gasteiger partial charge in [0.2, 0.25) is 10.3 Å². The first kappa shape index (κ1) is 34.6. The number of nitrogens with one attached hydrogen (secondary N) is 2. The number of carbonyl (C=O) groups excluding carboxylic acids is 3. The molecule has 4 aromatic rings. The summed E-state index contributed by atoms with van der Waals surface area (Å²) < 4.78 is 5.34. The summed E-state index contributed by atoms with van der Waals surface area (Å²) >= 11 is 2.67. The van der Waals surface area contributed by atoms with Crippen LogP contribution in [0.2, 0.25) is 0 Å². The molecule has 2 amide bonds. The van der Waals surface area contributed by atoms with Gasteiger partial charge in [-0.2, -0.15) is 15.2 Å². The van der Waals surface area contributed by atoms with Crippen molar-refractivity contribution in [3.63, 3.8) is 0 Å². The monoisotopic (exact) mass is 685 g/mol. The van der Waals surface area contributed by atoms with Crippen LogP contribution in [0.5, 0.6) is 0 Å². The molecule has 0 bridgehead atoms. The van der Waals surface area contributed by atoms with Crippen LogP contribution in [0, 0.1) is 0 Å². The summed E-state index contributed by atoms with van der Waals surface area (Å²) in [6.07, 6.45) is 7.98. The van der Waals surface area contributed by atoms with Crippen molar-refractivity contribution in [2.75, 3.05) is 17.0 Å². The molecule has 0 spiro atoms. The van der Waals surface area contributed by atoms with Gasteiger partial charge in [-0.25, -0.2) is 9.97 Å². The van der Waals surface area contributed by atoms with E-state index < -0.39 is 11.5 Å². The van der Waals surface area contributed by atoms with Crippen molar-refractivity contribution in [3.05, 3.63) is 82.7 Å². The highest BCUT2D eigenvalue weighted by Gasteiger charge is 2.36. The first-order valence-electron chi connectivity index (χ1n) is 16.0. The fourth-order valence-corrected chi connectivity index (χ4v) is 6.13. The molecule has 0 unspecified atom stereocenters. The van der Waals surface area contributed by atoms with Crippen molar-refractivity contribution in [1.82, 2.24) is 15.3 Å². The van der Waals surface area contributed by atoms with E-state index in [9.17, 15) is 14.4 Å². The number of amides is 2. The largest absolute Gasteiger partial charge is 0.460 e. The summed E-state index contributed by atoms with van der Waals surface area (Å²) in [6, 6.07) is 16.6. The number of ether oxygens (including phenoxy) is 1. The van der Waals surface area contributed by atoms with Crippen LogP contribution in [0.4, 0.5) is 10.3 Å². The molecule has 0 saturated carbocycles. The summed E-state index contributed by atoms with van der Waals surface area (Å²) in [5.41, 5.74) is 5.83. The molecule has 2 N–H and O–H groups in total. The van der Waals surface area contributed by atoms with E-state index in [2.05, 4.69) is 30.9 Å². The van der Waals surface area contributed by atoms with Crippen LogP contribution in [0.15, 0.2) is 81.8 Å². The second-order valence-electron chi connectivity index (χ2n) is 12.1. The van der Waals surface area contributed by atoms with Gasteiger partial charge in [-0.3, -0.25) is 19.8 Å². The fourth-order valence-electron chi connectivity index (χ4n) is 4.88. The molecule has 13 heteroatoms. The zero-order chi connectivity index (χ0) is 33.9. The Hall–Kier alpha value is -4.75. The number of aromatic nitrogens is 2. The lowest BCUT2D eigenvalue weighted by molar-refractivity contribution is -0.154. The summed E-state index contributed by atoms with van der Waals surface area (Å²) in [7, 11) is 0. The highest BCUT2D eigenvalue weighted by Crippen LogP contribution is 2.30. The van der Waals surface area contributed by atoms with Crippen molar-refractivity contribution in [2.24, 2.45) is 10.2 Å². The average molecular weight is 686 g/mol. The molecule has 0 fully saturated rings. The van der Waals surface area contributed by atoms with Gasteiger partial charge in [0.1, 0.15) is 11.3 Å². The van der Waals surface area contributed by atoms with Gasteiger partial charge in [0.15, 0.2) is 5.71 Å². The van der Waals surface area contributed by atoms with E-state index in [-0.39, 0.29) is 17.6 Å². The smallest absolute Gasteiger partial charge is 0.306 e. The molecule has 2 aromatic heterocycles. The Labute approximate surface area is 288 Å². The number of unbranched alkanes of at least 4 members (excludes halogenated alkanes) is 5. The highest BCUT2D eigenvalue weighted by molar-refractivity contribution is 7.14. The van der Waals surface area contributed by atoms with E-state index in [0.717, 1.165) is 49.7 Å². The molecular weight excluding hydrogens is 647 g/mol. The molecule has 2 aromatic carbocycles. The number of benzene rings is 2. The number of hydrazone groups is 2. The zero-order valence-electron chi connectivity index (χ0n) is 27.3. The first-order chi connectivity index (χ1) is 23.2. The van der Waals surface area contributed by atoms with Gasteiger partial charge in [-0.05, 0) is 45.7 Å². The number of hydrogen-bond donors (Lipinski definition) is 2. The lowest BCUT2D eigenvalue weighted by atomic mass is 10.1. The summed E-state index contributed by atoms with van der Waals surface area (Å²) in [6.45, 7) is 6.24. The van der Waals surface area contributed by atoms with Crippen molar-refractivity contribution >= 4 is 62.1 Å². The predicted octanol–water partition coefficient (Wildman–Crippen LogP) is 7.29. The van der Waals surface area contributed by atoms with E-state index in [1.54, 1.807) is 18.3 Å². The predicted molar refractivity (Wildman–Crippen MR) is 192 cm³/mol. The van der Waals surface area contributed by atoms with Crippen molar-refractivity contribution in [1.29, 1.82) is 0 Å². The van der Waals surface area contributed by atoms with Crippen LogP contribution >= 0.6 is 22.7 Å². The summed E-state index contributed by atoms with van der Waals surface area (Å²) in [5, 5.41) is 17.9. The Morgan fingerprint density at radius 3 is 2.35 bits per heavy atom. The second-order valence-corrected chi connectivity index (χ2v) is 13.9. The van der Waals surface area contributed by atoms with Crippen molar-refractivity contribution in [2.45, 2.75) is 71.3 Å². The van der Waals surface area contributed by atoms with E-state index in [0.29, 0.717) is 40.2 Å². The molecule has 0 saturated heterocycles. The van der Waals surface area contributed by atoms with Crippen LogP contribution in [0.3, 0.4) is 0 Å². The van der Waals surface area contributed by atoms with Crippen LogP contribution in [-0.4, -0.2) is 51.3 Å². The lowest BCUT2D eigenvalue weighted by Crippen LogP contribution is -2.28. The average Bonchev–Trinajstić information content (AvgIpc) is 3.84. The molecule has 0 atom stereocenters. The van der Waals surface area contributed by atoms with E-state index in [4.69, 9.17) is 4.74 Å². The molecule has 11 nitrogen and oxygen atoms in total. The Morgan fingerprint density at radius 1 is 0.917 bits per heavy atom. The van der Waals surface area contributed by atoms with Crippen LogP contribution in [-0.2, 0) is 14.3 Å². The number of esters is 1. The van der Waals surface area contributed by atoms with Crippen LogP contribution in [0.1, 0.15) is 81.6 Å². The van der Waals surface area contributed by atoms with E-state index >= 15 is 0 Å². The number of nitrogens with zero attached hydrogens (tertiary/aromatic N) is 5. The number of rotatable bonds is 15. The standard InChI is InChI=1S/C35H39N7O4S2/c1-35(2,3)46-28(43)15-11-6-4-5-7-12-20-36-31(44)26-18-16-24(17-19-26)27-23-48-34(38-27)42-32(45)30(39-40-33-37-21-22-47-33)29(41-42)25-13-9-8-10-14-25/h8-10,13-14,16-19,21-23H,4-7,11-12,15,20H2,1-3H3,(H,36,44)(H,37,40)/b39-30+. The number of anilines is 2.